The Hall–Kier alpha value is -2.30. The van der Waals surface area contributed by atoms with Crippen molar-refractivity contribution in [3.05, 3.63) is 52.8 Å². The van der Waals surface area contributed by atoms with Crippen LogP contribution in [0.2, 0.25) is 0 Å². The van der Waals surface area contributed by atoms with Gasteiger partial charge in [0.1, 0.15) is 12.1 Å². The first kappa shape index (κ1) is 12.7. The van der Waals surface area contributed by atoms with Gasteiger partial charge in [-0.25, -0.2) is 9.36 Å². The fraction of sp³-hybridized carbons (Fsp3) is 0.333. The smallest absolute Gasteiger partial charge is 0.416 e. The molecule has 0 amide bonds. The lowest BCUT2D eigenvalue weighted by molar-refractivity contribution is 0.504. The zero-order valence-electron chi connectivity index (χ0n) is 11.2. The molecule has 2 aromatic rings. The zero-order chi connectivity index (χ0) is 13.9. The number of oxazole rings is 1. The lowest BCUT2D eigenvalue weighted by Gasteiger charge is -2.18. The van der Waals surface area contributed by atoms with Crippen molar-refractivity contribution in [2.24, 2.45) is 0 Å². The minimum absolute atomic E-state index is 0.392. The fourth-order valence-electron chi connectivity index (χ4n) is 2.57. The molecule has 0 atom stereocenters. The fourth-order valence-corrected chi connectivity index (χ4v) is 2.57. The van der Waals surface area contributed by atoms with Crippen molar-refractivity contribution >= 4 is 5.84 Å². The van der Waals surface area contributed by atoms with Crippen LogP contribution in [0.15, 0.2) is 45.9 Å². The second-order valence-electron chi connectivity index (χ2n) is 5.03. The highest BCUT2D eigenvalue weighted by molar-refractivity contribution is 5.81. The highest BCUT2D eigenvalue weighted by Crippen LogP contribution is 2.13. The maximum atomic E-state index is 11.5. The molecule has 0 unspecified atom stereocenters. The van der Waals surface area contributed by atoms with Crippen LogP contribution in [0.3, 0.4) is 0 Å². The average molecular weight is 271 g/mol. The van der Waals surface area contributed by atoms with E-state index in [0.717, 1.165) is 24.3 Å². The van der Waals surface area contributed by atoms with E-state index in [0.29, 0.717) is 12.3 Å². The van der Waals surface area contributed by atoms with E-state index in [2.05, 4.69) is 4.90 Å². The minimum Gasteiger partial charge on any atom is -0.416 e. The number of hydrogen-bond acceptors (Lipinski definition) is 3. The molecule has 1 N–H and O–H groups in total. The van der Waals surface area contributed by atoms with Gasteiger partial charge in [-0.1, -0.05) is 12.1 Å². The summed E-state index contributed by atoms with van der Waals surface area (Å²) in [5.74, 6) is 0.260. The molecule has 0 saturated carbocycles. The van der Waals surface area contributed by atoms with Gasteiger partial charge in [-0.05, 0) is 30.5 Å². The maximum Gasteiger partial charge on any atom is 0.423 e. The Labute approximate surface area is 117 Å². The number of nitrogens with zero attached hydrogens (tertiary/aromatic N) is 2. The Kier molecular flexibility index (Phi) is 3.41. The van der Waals surface area contributed by atoms with Gasteiger partial charge in [0.25, 0.3) is 0 Å². The van der Waals surface area contributed by atoms with Crippen LogP contribution in [0, 0.1) is 5.41 Å². The van der Waals surface area contributed by atoms with Crippen molar-refractivity contribution in [2.45, 2.75) is 19.3 Å². The standard InChI is InChI=1S/C15H17N3O2/c16-14(17-6-1-2-7-17)11-12-4-3-5-13(10-12)18-8-9-20-15(18)19/h3-5,8-10,16H,1-2,6-7,11H2. The molecule has 0 bridgehead atoms. The summed E-state index contributed by atoms with van der Waals surface area (Å²) in [4.78, 5) is 13.6. The normalized spacial score (nSPS) is 14.7. The predicted molar refractivity (Wildman–Crippen MR) is 76.5 cm³/mol. The lowest BCUT2D eigenvalue weighted by Crippen LogP contribution is -2.28. The summed E-state index contributed by atoms with van der Waals surface area (Å²) in [6, 6.07) is 7.68. The first-order chi connectivity index (χ1) is 9.74. The molecule has 0 radical (unpaired) electrons. The van der Waals surface area contributed by atoms with Crippen molar-refractivity contribution in [1.29, 1.82) is 5.41 Å². The Balaban J connectivity index is 1.79. The van der Waals surface area contributed by atoms with E-state index in [1.807, 2.05) is 24.3 Å². The molecule has 104 valence electrons. The monoisotopic (exact) mass is 271 g/mol. The topological polar surface area (TPSA) is 62.2 Å². The molecule has 1 aliphatic rings. The Morgan fingerprint density at radius 3 is 2.80 bits per heavy atom. The Morgan fingerprint density at radius 2 is 2.10 bits per heavy atom. The maximum absolute atomic E-state index is 11.5. The van der Waals surface area contributed by atoms with Gasteiger partial charge >= 0.3 is 5.76 Å². The second-order valence-corrected chi connectivity index (χ2v) is 5.03. The van der Waals surface area contributed by atoms with Crippen LogP contribution in [-0.2, 0) is 6.42 Å². The number of likely N-dealkylation sites (tertiary alicyclic amines) is 1. The van der Waals surface area contributed by atoms with Crippen molar-refractivity contribution in [3.8, 4) is 5.69 Å². The summed E-state index contributed by atoms with van der Waals surface area (Å²) in [5, 5.41) is 8.15. The molecule has 5 nitrogen and oxygen atoms in total. The zero-order valence-corrected chi connectivity index (χ0v) is 11.2. The van der Waals surface area contributed by atoms with E-state index >= 15 is 0 Å². The summed E-state index contributed by atoms with van der Waals surface area (Å²) in [6.45, 7) is 1.97. The van der Waals surface area contributed by atoms with E-state index in [1.54, 1.807) is 6.20 Å². The Bertz CT molecular complexity index is 666. The van der Waals surface area contributed by atoms with Gasteiger partial charge in [0, 0.05) is 19.5 Å². The summed E-state index contributed by atoms with van der Waals surface area (Å²) in [6.07, 6.45) is 5.93. The second kappa shape index (κ2) is 5.36. The number of hydrogen-bond donors (Lipinski definition) is 1. The first-order valence-electron chi connectivity index (χ1n) is 6.82. The van der Waals surface area contributed by atoms with Crippen LogP contribution in [0.1, 0.15) is 18.4 Å². The van der Waals surface area contributed by atoms with Crippen LogP contribution in [0.4, 0.5) is 0 Å². The van der Waals surface area contributed by atoms with Crippen LogP contribution in [0.25, 0.3) is 5.69 Å². The SMILES string of the molecule is N=C(Cc1cccc(-n2ccoc2=O)c1)N1CCCC1. The molecule has 1 aromatic heterocycles. The van der Waals surface area contributed by atoms with E-state index in [-0.39, 0.29) is 0 Å². The average Bonchev–Trinajstić information content (AvgIpc) is 3.10. The molecular formula is C15H17N3O2. The molecule has 5 heteroatoms. The largest absolute Gasteiger partial charge is 0.423 e. The van der Waals surface area contributed by atoms with Gasteiger partial charge < -0.3 is 9.32 Å². The molecule has 1 aliphatic heterocycles. The summed E-state index contributed by atoms with van der Waals surface area (Å²) < 4.78 is 6.24. The third-order valence-corrected chi connectivity index (χ3v) is 3.62. The molecule has 0 aliphatic carbocycles. The molecule has 3 rings (SSSR count). The van der Waals surface area contributed by atoms with Crippen LogP contribution >= 0.6 is 0 Å². The van der Waals surface area contributed by atoms with Gasteiger partial charge in [0.2, 0.25) is 0 Å². The van der Waals surface area contributed by atoms with Crippen LogP contribution < -0.4 is 5.76 Å². The molecule has 0 spiro atoms. The van der Waals surface area contributed by atoms with Crippen molar-refractivity contribution in [2.75, 3.05) is 13.1 Å². The number of rotatable bonds is 3. The van der Waals surface area contributed by atoms with Gasteiger partial charge in [0.05, 0.1) is 11.9 Å². The predicted octanol–water partition coefficient (Wildman–Crippen LogP) is 2.05. The molecule has 20 heavy (non-hydrogen) atoms. The van der Waals surface area contributed by atoms with Crippen LogP contribution in [-0.4, -0.2) is 28.4 Å². The van der Waals surface area contributed by atoms with Gasteiger partial charge in [0.15, 0.2) is 0 Å². The first-order valence-corrected chi connectivity index (χ1v) is 6.82. The van der Waals surface area contributed by atoms with Crippen LogP contribution in [0.5, 0.6) is 0 Å². The number of benzene rings is 1. The van der Waals surface area contributed by atoms with Crippen molar-refractivity contribution in [1.82, 2.24) is 9.47 Å². The molecule has 1 aromatic carbocycles. The summed E-state index contributed by atoms with van der Waals surface area (Å²) >= 11 is 0. The van der Waals surface area contributed by atoms with E-state index < -0.39 is 5.76 Å². The molecule has 1 saturated heterocycles. The molecular weight excluding hydrogens is 254 g/mol. The highest BCUT2D eigenvalue weighted by atomic mass is 16.4. The van der Waals surface area contributed by atoms with Gasteiger partial charge in [-0.3, -0.25) is 5.41 Å². The summed E-state index contributed by atoms with van der Waals surface area (Å²) in [7, 11) is 0. The highest BCUT2D eigenvalue weighted by Gasteiger charge is 2.15. The number of nitrogens with one attached hydrogen (secondary N) is 1. The van der Waals surface area contributed by atoms with E-state index in [9.17, 15) is 4.79 Å². The van der Waals surface area contributed by atoms with Crippen molar-refractivity contribution in [3.63, 3.8) is 0 Å². The van der Waals surface area contributed by atoms with Gasteiger partial charge in [-0.2, -0.15) is 0 Å². The minimum atomic E-state index is -0.392. The number of amidine groups is 1. The van der Waals surface area contributed by atoms with Crippen molar-refractivity contribution < 1.29 is 4.42 Å². The van der Waals surface area contributed by atoms with Gasteiger partial charge in [-0.15, -0.1) is 0 Å². The lowest BCUT2D eigenvalue weighted by atomic mass is 10.1. The quantitative estimate of drug-likeness (QED) is 0.686. The molecule has 2 heterocycles. The number of aromatic nitrogens is 1. The third kappa shape index (κ3) is 2.52. The third-order valence-electron chi connectivity index (χ3n) is 3.62. The molecule has 1 fully saturated rings. The summed E-state index contributed by atoms with van der Waals surface area (Å²) in [5.41, 5.74) is 1.81. The van der Waals surface area contributed by atoms with E-state index in [4.69, 9.17) is 9.83 Å². The Morgan fingerprint density at radius 1 is 1.30 bits per heavy atom. The van der Waals surface area contributed by atoms with E-state index in [1.165, 1.54) is 23.7 Å².